The van der Waals surface area contributed by atoms with E-state index in [1.807, 2.05) is 36.4 Å². The third kappa shape index (κ3) is 5.53. The highest BCUT2D eigenvalue weighted by atomic mass is 28.4. The number of halogens is 1. The van der Waals surface area contributed by atoms with Crippen LogP contribution in [0, 0.1) is 5.82 Å². The Morgan fingerprint density at radius 3 is 2.14 bits per heavy atom. The lowest BCUT2D eigenvalue weighted by Crippen LogP contribution is -2.69. The summed E-state index contributed by atoms with van der Waals surface area (Å²) in [6.07, 6.45) is 2.07. The number of benzene rings is 2. The summed E-state index contributed by atoms with van der Waals surface area (Å²) in [6.45, 7) is 7.65. The maximum atomic E-state index is 14.3. The molecule has 0 radical (unpaired) electrons. The average molecular weight is 494 g/mol. The minimum absolute atomic E-state index is 0.146. The monoisotopic (exact) mass is 493 g/mol. The molecule has 0 unspecified atom stereocenters. The van der Waals surface area contributed by atoms with E-state index in [2.05, 4.69) is 50.0 Å². The van der Waals surface area contributed by atoms with E-state index >= 15 is 0 Å². The van der Waals surface area contributed by atoms with Crippen molar-refractivity contribution in [1.82, 2.24) is 4.98 Å². The van der Waals surface area contributed by atoms with Crippen molar-refractivity contribution in [2.45, 2.75) is 51.4 Å². The van der Waals surface area contributed by atoms with Gasteiger partial charge in [0, 0.05) is 12.8 Å². The van der Waals surface area contributed by atoms with Gasteiger partial charge >= 0.3 is 8.32 Å². The fourth-order valence-corrected chi connectivity index (χ4v) is 8.97. The van der Waals surface area contributed by atoms with E-state index in [1.54, 1.807) is 0 Å². The summed E-state index contributed by atoms with van der Waals surface area (Å²) < 4.78 is 32.4. The molecule has 0 saturated carbocycles. The van der Waals surface area contributed by atoms with Crippen molar-refractivity contribution < 1.29 is 23.1 Å². The zero-order chi connectivity index (χ0) is 24.9. The van der Waals surface area contributed by atoms with Gasteiger partial charge in [0.1, 0.15) is 5.82 Å². The molecule has 5 nitrogen and oxygen atoms in total. The van der Waals surface area contributed by atoms with Crippen molar-refractivity contribution in [1.29, 1.82) is 0 Å². The van der Waals surface area contributed by atoms with E-state index in [0.29, 0.717) is 19.6 Å². The molecule has 0 bridgehead atoms. The van der Waals surface area contributed by atoms with Crippen LogP contribution in [0.15, 0.2) is 72.9 Å². The Balaban J connectivity index is 1.76. The second-order valence-corrected chi connectivity index (χ2v) is 14.0. The second kappa shape index (κ2) is 10.8. The molecule has 0 amide bonds. The number of aromatic nitrogens is 1. The molecule has 2 heterocycles. The van der Waals surface area contributed by atoms with E-state index in [4.69, 9.17) is 13.9 Å². The molecule has 0 atom stereocenters. The maximum absolute atomic E-state index is 14.3. The molecule has 0 N–H and O–H groups in total. The van der Waals surface area contributed by atoms with E-state index in [9.17, 15) is 9.18 Å². The van der Waals surface area contributed by atoms with Crippen molar-refractivity contribution in [2.75, 3.05) is 13.2 Å². The molecule has 184 valence electrons. The third-order valence-corrected chi connectivity index (χ3v) is 11.2. The minimum Gasteiger partial charge on any atom is -0.521 e. The lowest BCUT2D eigenvalue weighted by atomic mass is 10.1. The fourth-order valence-electron chi connectivity index (χ4n) is 4.59. The quantitative estimate of drug-likeness (QED) is 0.331. The van der Waals surface area contributed by atoms with Gasteiger partial charge in [-0.25, -0.2) is 9.37 Å². The van der Waals surface area contributed by atoms with Crippen molar-refractivity contribution in [2.24, 2.45) is 0 Å². The Morgan fingerprint density at radius 2 is 1.60 bits per heavy atom. The van der Waals surface area contributed by atoms with E-state index in [-0.39, 0.29) is 28.7 Å². The molecular weight excluding hydrogens is 461 g/mol. The van der Waals surface area contributed by atoms with Crippen molar-refractivity contribution in [3.05, 3.63) is 84.3 Å². The zero-order valence-corrected chi connectivity index (χ0v) is 21.5. The lowest BCUT2D eigenvalue weighted by molar-refractivity contribution is -0.180. The molecule has 7 heteroatoms. The van der Waals surface area contributed by atoms with Gasteiger partial charge in [0.2, 0.25) is 5.88 Å². The van der Waals surface area contributed by atoms with Crippen LogP contribution in [0.5, 0.6) is 5.88 Å². The first-order valence-corrected chi connectivity index (χ1v) is 13.9. The van der Waals surface area contributed by atoms with Gasteiger partial charge in [-0.15, -0.1) is 0 Å². The third-order valence-electron chi connectivity index (χ3n) is 6.29. The topological polar surface area (TPSA) is 57.7 Å². The first kappa shape index (κ1) is 25.2. The number of pyridine rings is 1. The second-order valence-electron chi connectivity index (χ2n) is 9.76. The summed E-state index contributed by atoms with van der Waals surface area (Å²) in [4.78, 5) is 17.6. The van der Waals surface area contributed by atoms with E-state index in [1.165, 1.54) is 6.07 Å². The number of nitrogens with zero attached hydrogens (tertiary/aromatic N) is 1. The Kier molecular flexibility index (Phi) is 7.79. The van der Waals surface area contributed by atoms with Crippen LogP contribution in [-0.4, -0.2) is 38.6 Å². The number of Topliss-reactive ketones (excluding diaryl/α,β-unsaturated/α-hetero) is 1. The normalized spacial score (nSPS) is 15.1. The van der Waals surface area contributed by atoms with E-state index in [0.717, 1.165) is 23.0 Å². The highest BCUT2D eigenvalue weighted by Gasteiger charge is 2.52. The first-order valence-electron chi connectivity index (χ1n) is 12.0. The molecule has 2 aromatic carbocycles. The Labute approximate surface area is 207 Å². The molecule has 3 aromatic rings. The highest BCUT2D eigenvalue weighted by molar-refractivity contribution is 7.00. The Morgan fingerprint density at radius 1 is 1.03 bits per heavy atom. The zero-order valence-electron chi connectivity index (χ0n) is 20.5. The summed E-state index contributed by atoms with van der Waals surface area (Å²) in [5.74, 6) is -0.660. The molecular formula is C28H32FNO4Si. The average Bonchev–Trinajstić information content (AvgIpc) is 2.87. The molecule has 1 aromatic heterocycles. The van der Waals surface area contributed by atoms with Crippen LogP contribution in [-0.2, 0) is 9.47 Å². The molecule has 0 aliphatic carbocycles. The van der Waals surface area contributed by atoms with E-state index < -0.39 is 20.4 Å². The van der Waals surface area contributed by atoms with Gasteiger partial charge < -0.3 is 13.9 Å². The molecule has 1 fully saturated rings. The van der Waals surface area contributed by atoms with Gasteiger partial charge in [-0.05, 0) is 27.9 Å². The largest absolute Gasteiger partial charge is 0.521 e. The van der Waals surface area contributed by atoms with Crippen molar-refractivity contribution in [3.8, 4) is 5.88 Å². The van der Waals surface area contributed by atoms with Gasteiger partial charge in [-0.3, -0.25) is 4.79 Å². The lowest BCUT2D eigenvalue weighted by Gasteiger charge is -2.42. The highest BCUT2D eigenvalue weighted by Crippen LogP contribution is 2.38. The molecule has 1 saturated heterocycles. The molecule has 35 heavy (non-hydrogen) atoms. The molecule has 1 aliphatic rings. The Hall–Kier alpha value is -2.87. The van der Waals surface area contributed by atoms with Crippen LogP contribution >= 0.6 is 0 Å². The predicted molar refractivity (Wildman–Crippen MR) is 136 cm³/mol. The molecule has 1 aliphatic heterocycles. The van der Waals surface area contributed by atoms with Crippen LogP contribution in [0.3, 0.4) is 0 Å². The van der Waals surface area contributed by atoms with Gasteiger partial charge in [0.25, 0.3) is 0 Å². The predicted octanol–water partition coefficient (Wildman–Crippen LogP) is 4.89. The van der Waals surface area contributed by atoms with Gasteiger partial charge in [-0.2, -0.15) is 0 Å². The van der Waals surface area contributed by atoms with Gasteiger partial charge in [0.05, 0.1) is 25.0 Å². The van der Waals surface area contributed by atoms with Crippen LogP contribution in [0.4, 0.5) is 4.39 Å². The van der Waals surface area contributed by atoms with Crippen molar-refractivity contribution in [3.63, 3.8) is 0 Å². The van der Waals surface area contributed by atoms with Crippen LogP contribution < -0.4 is 14.8 Å². The maximum Gasteiger partial charge on any atom is 0.322 e. The SMILES string of the molecule is CC(C)(C)[Si](Oc1ncc(F)cc1C(=O)CCC1OCCCO1)(c1ccccc1)c1ccccc1. The number of ketones is 1. The fraction of sp³-hybridized carbons (Fsp3) is 0.357. The summed E-state index contributed by atoms with van der Waals surface area (Å²) in [7, 11) is -3.03. The molecule has 0 spiro atoms. The summed E-state index contributed by atoms with van der Waals surface area (Å²) in [5.41, 5.74) is 0.147. The number of rotatable bonds is 8. The minimum atomic E-state index is -3.03. The smallest absolute Gasteiger partial charge is 0.322 e. The summed E-state index contributed by atoms with van der Waals surface area (Å²) in [6, 6.07) is 21.4. The number of carbonyl (C=O) groups excluding carboxylic acids is 1. The van der Waals surface area contributed by atoms with Crippen molar-refractivity contribution >= 4 is 24.5 Å². The first-order chi connectivity index (χ1) is 16.8. The summed E-state index contributed by atoms with van der Waals surface area (Å²) in [5, 5.41) is 1.77. The van der Waals surface area contributed by atoms with Gasteiger partial charge in [-0.1, -0.05) is 81.4 Å². The number of carbonyl (C=O) groups is 1. The standard InChI is InChI=1S/C28H32FNO4Si/c1-28(2,3)35(22-11-6-4-7-12-22,23-13-8-5-9-14-23)34-27-24(19-21(29)20-30-27)25(31)15-16-26-32-17-10-18-33-26/h4-9,11-14,19-20,26H,10,15-18H2,1-3H3. The number of hydrogen-bond acceptors (Lipinski definition) is 5. The Bertz CT molecular complexity index is 1090. The van der Waals surface area contributed by atoms with Crippen LogP contribution in [0.1, 0.15) is 50.4 Å². The summed E-state index contributed by atoms with van der Waals surface area (Å²) >= 11 is 0. The van der Waals surface area contributed by atoms with Crippen LogP contribution in [0.2, 0.25) is 5.04 Å². The molecule has 4 rings (SSSR count). The van der Waals surface area contributed by atoms with Gasteiger partial charge in [0.15, 0.2) is 12.1 Å². The number of ether oxygens (including phenoxy) is 2. The van der Waals surface area contributed by atoms with Crippen LogP contribution in [0.25, 0.3) is 0 Å². The number of hydrogen-bond donors (Lipinski definition) is 0.